The zero-order valence-corrected chi connectivity index (χ0v) is 25.1. The molecule has 0 atom stereocenters. The van der Waals surface area contributed by atoms with Gasteiger partial charge >= 0.3 is 6.09 Å². The zero-order valence-electron chi connectivity index (χ0n) is 25.1. The van der Waals surface area contributed by atoms with Crippen LogP contribution in [0.25, 0.3) is 16.7 Å². The molecule has 0 aliphatic carbocycles. The zero-order chi connectivity index (χ0) is 30.3. The van der Waals surface area contributed by atoms with Gasteiger partial charge in [-0.25, -0.2) is 19.1 Å². The molecule has 42 heavy (non-hydrogen) atoms. The van der Waals surface area contributed by atoms with Gasteiger partial charge in [0.05, 0.1) is 5.69 Å². The number of ether oxygens (including phenoxy) is 1. The summed E-state index contributed by atoms with van der Waals surface area (Å²) in [5, 5.41) is 3.64. The van der Waals surface area contributed by atoms with Crippen molar-refractivity contribution in [3.8, 4) is 5.69 Å². The number of hydrogen-bond donors (Lipinski definition) is 1. The van der Waals surface area contributed by atoms with Gasteiger partial charge in [0, 0.05) is 50.7 Å². The molecule has 0 radical (unpaired) electrons. The lowest BCUT2D eigenvalue weighted by Crippen LogP contribution is -2.39. The van der Waals surface area contributed by atoms with Crippen LogP contribution in [-0.4, -0.2) is 67.4 Å². The second-order valence-corrected chi connectivity index (χ2v) is 12.0. The fourth-order valence-corrected chi connectivity index (χ4v) is 5.05. The molecular weight excluding hydrogens is 534 g/mol. The minimum absolute atomic E-state index is 0.138. The molecule has 1 aliphatic rings. The first-order chi connectivity index (χ1) is 19.8. The molecule has 0 bridgehead atoms. The molecular formula is C31H37N7O4. The van der Waals surface area contributed by atoms with Gasteiger partial charge in [0.1, 0.15) is 11.0 Å². The number of carbonyl (C=O) groups excluding carboxylic acids is 2. The van der Waals surface area contributed by atoms with Crippen LogP contribution in [-0.2, 0) is 17.7 Å². The molecule has 1 N–H and O–H groups in total. The Morgan fingerprint density at radius 1 is 1.07 bits per heavy atom. The largest absolute Gasteiger partial charge is 0.444 e. The predicted molar refractivity (Wildman–Crippen MR) is 162 cm³/mol. The van der Waals surface area contributed by atoms with E-state index < -0.39 is 5.60 Å². The fourth-order valence-electron chi connectivity index (χ4n) is 5.05. The third-order valence-corrected chi connectivity index (χ3v) is 6.98. The van der Waals surface area contributed by atoms with Crippen LogP contribution < -0.4 is 10.9 Å². The summed E-state index contributed by atoms with van der Waals surface area (Å²) in [6.45, 7) is 10.5. The van der Waals surface area contributed by atoms with E-state index in [2.05, 4.69) is 10.3 Å². The predicted octanol–water partition coefficient (Wildman–Crippen LogP) is 4.90. The number of rotatable bonds is 5. The Hall–Kier alpha value is -4.67. The number of anilines is 2. The molecule has 0 saturated heterocycles. The SMILES string of the molecule is CC(C)n1c(=O)c2cnc(Nc3ccc4c(c3)CN(C(=O)OC(C)(C)C)CC4)nc2n1-c1cccc(C(=O)N(C)C)c1. The topological polar surface area (TPSA) is 115 Å². The van der Waals surface area contributed by atoms with Crippen molar-refractivity contribution in [2.45, 2.75) is 59.2 Å². The lowest BCUT2D eigenvalue weighted by Gasteiger charge is -2.31. The van der Waals surface area contributed by atoms with Gasteiger partial charge in [0.15, 0.2) is 5.65 Å². The molecule has 2 amide bonds. The lowest BCUT2D eigenvalue weighted by atomic mass is 9.99. The smallest absolute Gasteiger partial charge is 0.410 e. The number of fused-ring (bicyclic) bond motifs is 2. The van der Waals surface area contributed by atoms with E-state index in [1.165, 1.54) is 16.7 Å². The lowest BCUT2D eigenvalue weighted by molar-refractivity contribution is 0.0224. The maximum Gasteiger partial charge on any atom is 0.410 e. The van der Waals surface area contributed by atoms with E-state index in [1.54, 1.807) is 46.6 Å². The number of benzene rings is 2. The van der Waals surface area contributed by atoms with E-state index in [0.717, 1.165) is 17.7 Å². The van der Waals surface area contributed by atoms with Crippen molar-refractivity contribution in [1.82, 2.24) is 29.1 Å². The second kappa shape index (κ2) is 11.0. The number of carbonyl (C=O) groups is 2. The molecule has 0 saturated carbocycles. The summed E-state index contributed by atoms with van der Waals surface area (Å²) in [4.78, 5) is 51.2. The number of amides is 2. The highest BCUT2D eigenvalue weighted by Crippen LogP contribution is 2.26. The Kier molecular flexibility index (Phi) is 7.53. The van der Waals surface area contributed by atoms with Gasteiger partial charge in [-0.2, -0.15) is 4.98 Å². The normalized spacial score (nSPS) is 13.3. The summed E-state index contributed by atoms with van der Waals surface area (Å²) in [5.74, 6) is 0.179. The number of nitrogens with one attached hydrogen (secondary N) is 1. The summed E-state index contributed by atoms with van der Waals surface area (Å²) in [6, 6.07) is 13.0. The third-order valence-electron chi connectivity index (χ3n) is 6.98. The van der Waals surface area contributed by atoms with Gasteiger partial charge < -0.3 is 19.9 Å². The molecule has 4 aromatic rings. The molecule has 11 nitrogen and oxygen atoms in total. The minimum atomic E-state index is -0.560. The molecule has 11 heteroatoms. The van der Waals surface area contributed by atoms with Crippen LogP contribution in [0.4, 0.5) is 16.4 Å². The minimum Gasteiger partial charge on any atom is -0.444 e. The summed E-state index contributed by atoms with van der Waals surface area (Å²) in [6.07, 6.45) is 1.94. The van der Waals surface area contributed by atoms with Crippen molar-refractivity contribution < 1.29 is 14.3 Å². The average Bonchev–Trinajstić information content (AvgIpc) is 3.23. The quantitative estimate of drug-likeness (QED) is 0.362. The van der Waals surface area contributed by atoms with Crippen LogP contribution in [0.5, 0.6) is 0 Å². The molecule has 2 aromatic carbocycles. The average molecular weight is 572 g/mol. The van der Waals surface area contributed by atoms with E-state index in [0.29, 0.717) is 41.3 Å². The van der Waals surface area contributed by atoms with E-state index >= 15 is 0 Å². The van der Waals surface area contributed by atoms with Crippen LogP contribution in [0.3, 0.4) is 0 Å². The highest BCUT2D eigenvalue weighted by Gasteiger charge is 2.26. The van der Waals surface area contributed by atoms with Crippen molar-refractivity contribution in [3.05, 3.63) is 75.7 Å². The van der Waals surface area contributed by atoms with E-state index in [9.17, 15) is 14.4 Å². The molecule has 220 valence electrons. The summed E-state index contributed by atoms with van der Waals surface area (Å²) >= 11 is 0. The molecule has 3 heterocycles. The van der Waals surface area contributed by atoms with Crippen LogP contribution in [0.15, 0.2) is 53.5 Å². The Bertz CT molecular complexity index is 1730. The summed E-state index contributed by atoms with van der Waals surface area (Å²) in [7, 11) is 3.40. The molecule has 0 fully saturated rings. The van der Waals surface area contributed by atoms with E-state index in [-0.39, 0.29) is 23.6 Å². The highest BCUT2D eigenvalue weighted by atomic mass is 16.6. The molecule has 2 aromatic heterocycles. The van der Waals surface area contributed by atoms with Gasteiger partial charge in [0.25, 0.3) is 11.5 Å². The van der Waals surface area contributed by atoms with E-state index in [1.807, 2.05) is 58.9 Å². The van der Waals surface area contributed by atoms with Gasteiger partial charge in [-0.05, 0) is 82.5 Å². The number of hydrogen-bond acceptors (Lipinski definition) is 7. The van der Waals surface area contributed by atoms with E-state index in [4.69, 9.17) is 9.72 Å². The molecule has 0 spiro atoms. The second-order valence-electron chi connectivity index (χ2n) is 12.0. The first-order valence-electron chi connectivity index (χ1n) is 14.0. The van der Waals surface area contributed by atoms with Crippen LogP contribution in [0.2, 0.25) is 0 Å². The molecule has 5 rings (SSSR count). The van der Waals surface area contributed by atoms with Crippen molar-refractivity contribution in [3.63, 3.8) is 0 Å². The standard InChI is InChI=1S/C31H37N7O4/c1-19(2)37-28(40)25-17-32-29(34-26(25)38(37)24-10-8-9-21(16-24)27(39)35(6)7)33-23-12-11-20-13-14-36(18-22(20)15-23)30(41)42-31(3,4)5/h8-12,15-17,19H,13-14,18H2,1-7H3,(H,32,33,34). The van der Waals surface area contributed by atoms with Crippen molar-refractivity contribution >= 4 is 34.7 Å². The number of nitrogens with zero attached hydrogens (tertiary/aromatic N) is 6. The summed E-state index contributed by atoms with van der Waals surface area (Å²) in [5.41, 5.74) is 3.75. The maximum absolute atomic E-state index is 13.4. The molecule has 0 unspecified atom stereocenters. The van der Waals surface area contributed by atoms with Gasteiger partial charge in [-0.3, -0.25) is 9.59 Å². The van der Waals surface area contributed by atoms with Gasteiger partial charge in [0.2, 0.25) is 5.95 Å². The van der Waals surface area contributed by atoms with Crippen molar-refractivity contribution in [2.75, 3.05) is 26.0 Å². The summed E-state index contributed by atoms with van der Waals surface area (Å²) < 4.78 is 8.93. The van der Waals surface area contributed by atoms with Gasteiger partial charge in [-0.15, -0.1) is 0 Å². The van der Waals surface area contributed by atoms with Crippen LogP contribution in [0.1, 0.15) is 62.1 Å². The molecule has 1 aliphatic heterocycles. The Labute approximate surface area is 244 Å². The first-order valence-corrected chi connectivity index (χ1v) is 14.0. The number of aromatic nitrogens is 4. The van der Waals surface area contributed by atoms with Crippen LogP contribution >= 0.6 is 0 Å². The highest BCUT2D eigenvalue weighted by molar-refractivity contribution is 5.94. The van der Waals surface area contributed by atoms with Crippen molar-refractivity contribution in [1.29, 1.82) is 0 Å². The monoisotopic (exact) mass is 571 g/mol. The van der Waals surface area contributed by atoms with Gasteiger partial charge in [-0.1, -0.05) is 12.1 Å². The maximum atomic E-state index is 13.4. The first kappa shape index (κ1) is 28.8. The Morgan fingerprint density at radius 2 is 1.83 bits per heavy atom. The van der Waals surface area contributed by atoms with Crippen molar-refractivity contribution in [2.24, 2.45) is 0 Å². The van der Waals surface area contributed by atoms with Crippen LogP contribution in [0, 0.1) is 0 Å². The third kappa shape index (κ3) is 5.72. The fraction of sp³-hybridized carbons (Fsp3) is 0.387. The Morgan fingerprint density at radius 3 is 2.52 bits per heavy atom. The Balaban J connectivity index is 1.50.